The van der Waals surface area contributed by atoms with E-state index < -0.39 is 5.41 Å². The molecule has 0 amide bonds. The molecule has 2 N–H and O–H groups in total. The quantitative estimate of drug-likeness (QED) is 0.354. The summed E-state index contributed by atoms with van der Waals surface area (Å²) in [6.07, 6.45) is 15.9. The first-order valence-electron chi connectivity index (χ1n) is 16.9. The molecule has 3 nitrogen and oxygen atoms in total. The zero-order chi connectivity index (χ0) is 30.5. The molecule has 6 rings (SSSR count). The summed E-state index contributed by atoms with van der Waals surface area (Å²) in [6.45, 7) is 19.8. The van der Waals surface area contributed by atoms with Crippen LogP contribution >= 0.6 is 0 Å². The molecular formula is C39H56O3. The second-order valence-corrected chi connectivity index (χ2v) is 17.8. The predicted octanol–water partition coefficient (Wildman–Crippen LogP) is 10.3. The average Bonchev–Trinajstić information content (AvgIpc) is 2.91. The Balaban J connectivity index is 1.34. The largest absolute Gasteiger partial charge is 0.511 e. The average molecular weight is 573 g/mol. The lowest BCUT2D eigenvalue weighted by atomic mass is 9.31. The Hall–Kier alpha value is -2.03. The zero-order valence-electron chi connectivity index (χ0n) is 27.6. The Bertz CT molecular complexity index is 1320. The van der Waals surface area contributed by atoms with Gasteiger partial charge in [0.25, 0.3) is 0 Å². The van der Waals surface area contributed by atoms with Gasteiger partial charge in [-0.05, 0) is 139 Å². The summed E-state index contributed by atoms with van der Waals surface area (Å²) in [4.78, 5) is 13.8. The van der Waals surface area contributed by atoms with Crippen LogP contribution in [0.5, 0.6) is 5.75 Å². The van der Waals surface area contributed by atoms with Gasteiger partial charge in [0.1, 0.15) is 11.5 Å². The number of aliphatic hydroxyl groups is 1. The van der Waals surface area contributed by atoms with E-state index in [0.29, 0.717) is 45.8 Å². The van der Waals surface area contributed by atoms with Crippen molar-refractivity contribution < 1.29 is 15.0 Å². The summed E-state index contributed by atoms with van der Waals surface area (Å²) in [5.74, 6) is 2.96. The molecule has 0 heterocycles. The molecule has 5 aliphatic carbocycles. The van der Waals surface area contributed by atoms with Crippen LogP contribution in [0.2, 0.25) is 0 Å². The van der Waals surface area contributed by atoms with Gasteiger partial charge in [-0.1, -0.05) is 73.6 Å². The molecule has 0 aromatic heterocycles. The third-order valence-electron chi connectivity index (χ3n) is 14.9. The normalized spacial score (nSPS) is 44.1. The van der Waals surface area contributed by atoms with Gasteiger partial charge in [0.2, 0.25) is 0 Å². The van der Waals surface area contributed by atoms with E-state index in [0.717, 1.165) is 23.8 Å². The number of phenols is 1. The summed E-state index contributed by atoms with van der Waals surface area (Å²) in [7, 11) is 0. The molecule has 4 saturated carbocycles. The number of hydrogen-bond donors (Lipinski definition) is 2. The van der Waals surface area contributed by atoms with Crippen LogP contribution in [0.25, 0.3) is 6.08 Å². The molecule has 1 aromatic carbocycles. The maximum absolute atomic E-state index is 13.8. The number of carbonyl (C=O) groups excluding carboxylic acids is 1. The van der Waals surface area contributed by atoms with E-state index >= 15 is 0 Å². The highest BCUT2D eigenvalue weighted by Gasteiger charge is 2.69. The fraction of sp³-hybridized carbons (Fsp3) is 0.718. The molecule has 0 aliphatic heterocycles. The van der Waals surface area contributed by atoms with E-state index in [-0.39, 0.29) is 22.4 Å². The summed E-state index contributed by atoms with van der Waals surface area (Å²) in [5.41, 5.74) is 2.53. The van der Waals surface area contributed by atoms with Crippen molar-refractivity contribution >= 4 is 11.9 Å². The molecule has 1 aromatic rings. The Labute approximate surface area is 255 Å². The van der Waals surface area contributed by atoms with Gasteiger partial charge in [-0.25, -0.2) is 0 Å². The zero-order valence-corrected chi connectivity index (χ0v) is 27.6. The van der Waals surface area contributed by atoms with Crippen molar-refractivity contribution in [2.45, 2.75) is 120 Å². The lowest BCUT2D eigenvalue weighted by molar-refractivity contribution is -0.237. The van der Waals surface area contributed by atoms with Gasteiger partial charge < -0.3 is 10.2 Å². The number of allylic oxidation sites excluding steroid dienone is 3. The Morgan fingerprint density at radius 1 is 0.762 bits per heavy atom. The lowest BCUT2D eigenvalue weighted by Gasteiger charge is -2.73. The second-order valence-electron chi connectivity index (χ2n) is 17.8. The van der Waals surface area contributed by atoms with Gasteiger partial charge in [0.05, 0.1) is 0 Å². The molecular weight excluding hydrogens is 516 g/mol. The van der Waals surface area contributed by atoms with Gasteiger partial charge in [0, 0.05) is 11.0 Å². The van der Waals surface area contributed by atoms with E-state index in [1.807, 2.05) is 18.2 Å². The van der Waals surface area contributed by atoms with Crippen molar-refractivity contribution in [1.82, 2.24) is 0 Å². The molecule has 1 unspecified atom stereocenters. The number of rotatable bonds is 3. The maximum atomic E-state index is 13.8. The fourth-order valence-electron chi connectivity index (χ4n) is 12.2. The molecule has 3 heteroatoms. The van der Waals surface area contributed by atoms with Crippen LogP contribution in [0.15, 0.2) is 41.7 Å². The minimum absolute atomic E-state index is 0.0271. The van der Waals surface area contributed by atoms with E-state index in [2.05, 4.69) is 55.4 Å². The number of ketones is 1. The Morgan fingerprint density at radius 2 is 1.43 bits per heavy atom. The number of hydrogen-bond acceptors (Lipinski definition) is 3. The SMILES string of the molecule is CC1(C)CC[C@]2(C)CC[C@]3(C)[C@H](CC[C@@H]4[C@@]5(C)CC(C(=O)C=Cc6ccc(O)cc6)=C(O)C(C)(C)C5CC[C@]43C)[C@H]2C1. The third-order valence-corrected chi connectivity index (χ3v) is 14.9. The van der Waals surface area contributed by atoms with Crippen LogP contribution in [0.1, 0.15) is 125 Å². The van der Waals surface area contributed by atoms with Crippen LogP contribution in [-0.4, -0.2) is 16.0 Å². The van der Waals surface area contributed by atoms with Gasteiger partial charge in [-0.3, -0.25) is 4.79 Å². The second kappa shape index (κ2) is 9.48. The van der Waals surface area contributed by atoms with E-state index in [9.17, 15) is 15.0 Å². The molecule has 230 valence electrons. The smallest absolute Gasteiger partial charge is 0.185 e. The first-order valence-corrected chi connectivity index (χ1v) is 16.9. The predicted molar refractivity (Wildman–Crippen MR) is 172 cm³/mol. The monoisotopic (exact) mass is 572 g/mol. The van der Waals surface area contributed by atoms with Gasteiger partial charge in [0.15, 0.2) is 5.78 Å². The number of fused-ring (bicyclic) bond motifs is 7. The summed E-state index contributed by atoms with van der Waals surface area (Å²) in [5, 5.41) is 21.3. The lowest BCUT2D eigenvalue weighted by Crippen LogP contribution is -2.66. The molecule has 4 fully saturated rings. The first kappa shape index (κ1) is 30.0. The molecule has 5 aliphatic rings. The summed E-state index contributed by atoms with van der Waals surface area (Å²) in [6, 6.07) is 6.89. The van der Waals surface area contributed by atoms with E-state index in [1.54, 1.807) is 18.2 Å². The number of benzene rings is 1. The third kappa shape index (κ3) is 4.21. The molecule has 0 saturated heterocycles. The van der Waals surface area contributed by atoms with Crippen LogP contribution in [-0.2, 0) is 4.79 Å². The minimum atomic E-state index is -0.429. The van der Waals surface area contributed by atoms with Crippen LogP contribution in [0.4, 0.5) is 0 Å². The highest BCUT2D eigenvalue weighted by atomic mass is 16.3. The fourth-order valence-corrected chi connectivity index (χ4v) is 12.2. The molecule has 42 heavy (non-hydrogen) atoms. The van der Waals surface area contributed by atoms with Crippen LogP contribution in [0.3, 0.4) is 0 Å². The van der Waals surface area contributed by atoms with Crippen molar-refractivity contribution in [2.75, 3.05) is 0 Å². The highest BCUT2D eigenvalue weighted by Crippen LogP contribution is 2.77. The molecule has 0 radical (unpaired) electrons. The first-order chi connectivity index (χ1) is 19.5. The molecule has 0 spiro atoms. The number of phenolic OH excluding ortho intramolecular Hbond substituents is 1. The number of aliphatic hydroxyl groups excluding tert-OH is 1. The standard InChI is InChI=1S/C39H56O3/c1-34(2)19-20-36(5)21-22-38(7)28(29(36)24-34)14-16-32-37(6)23-27(30(41)15-11-25-9-12-26(40)13-10-25)33(42)35(3,4)31(37)17-18-39(32,38)8/h9-13,15,28-29,31-32,40,42H,14,16-24H2,1-8H3/t28-,29-,31?,32-,36-,37+,38-,39-/m1/s1. The summed E-state index contributed by atoms with van der Waals surface area (Å²) < 4.78 is 0. The van der Waals surface area contributed by atoms with Crippen molar-refractivity contribution in [3.63, 3.8) is 0 Å². The highest BCUT2D eigenvalue weighted by molar-refractivity contribution is 6.07. The topological polar surface area (TPSA) is 57.5 Å². The Kier molecular flexibility index (Phi) is 6.78. The molecule has 8 atom stereocenters. The Morgan fingerprint density at radius 3 is 2.12 bits per heavy atom. The van der Waals surface area contributed by atoms with Crippen molar-refractivity contribution in [1.29, 1.82) is 0 Å². The molecule has 0 bridgehead atoms. The summed E-state index contributed by atoms with van der Waals surface area (Å²) >= 11 is 0. The number of aromatic hydroxyl groups is 1. The van der Waals surface area contributed by atoms with Gasteiger partial charge in [-0.2, -0.15) is 0 Å². The van der Waals surface area contributed by atoms with Crippen molar-refractivity contribution in [3.05, 3.63) is 47.2 Å². The number of carbonyl (C=O) groups is 1. The van der Waals surface area contributed by atoms with Crippen LogP contribution in [0, 0.1) is 56.2 Å². The van der Waals surface area contributed by atoms with Crippen molar-refractivity contribution in [2.24, 2.45) is 56.2 Å². The van der Waals surface area contributed by atoms with Crippen molar-refractivity contribution in [3.8, 4) is 5.75 Å². The van der Waals surface area contributed by atoms with Gasteiger partial charge >= 0.3 is 0 Å². The maximum Gasteiger partial charge on any atom is 0.185 e. The van der Waals surface area contributed by atoms with Crippen LogP contribution < -0.4 is 0 Å². The van der Waals surface area contributed by atoms with E-state index in [4.69, 9.17) is 0 Å². The minimum Gasteiger partial charge on any atom is -0.511 e. The van der Waals surface area contributed by atoms with E-state index in [1.165, 1.54) is 51.4 Å². The van der Waals surface area contributed by atoms with Gasteiger partial charge in [-0.15, -0.1) is 0 Å².